The van der Waals surface area contributed by atoms with Gasteiger partial charge in [-0.05, 0) is 0 Å². The van der Waals surface area contributed by atoms with Crippen molar-refractivity contribution >= 4 is 0 Å². The molecule has 46 valence electrons. The summed E-state index contributed by atoms with van der Waals surface area (Å²) >= 11 is 0. The lowest BCUT2D eigenvalue weighted by Gasteiger charge is -2.06. The van der Waals surface area contributed by atoms with E-state index in [2.05, 4.69) is 13.2 Å². The van der Waals surface area contributed by atoms with Crippen molar-refractivity contribution in [3.63, 3.8) is 0 Å². The normalized spacial score (nSPS) is 16.8. The average Bonchev–Trinajstić information content (AvgIpc) is 1.84. The summed E-state index contributed by atoms with van der Waals surface area (Å²) in [5.41, 5.74) is 0. The molecule has 0 aliphatic heterocycles. The fourth-order valence-corrected chi connectivity index (χ4v) is 0.279. The van der Waals surface area contributed by atoms with Crippen molar-refractivity contribution in [2.24, 2.45) is 0 Å². The maximum Gasteiger partial charge on any atom is 0.101 e. The van der Waals surface area contributed by atoms with Gasteiger partial charge in [-0.3, -0.25) is 0 Å². The van der Waals surface area contributed by atoms with Crippen LogP contribution < -0.4 is 0 Å². The van der Waals surface area contributed by atoms with Gasteiger partial charge in [0.25, 0.3) is 0 Å². The van der Waals surface area contributed by atoms with Gasteiger partial charge in [-0.25, -0.2) is 0 Å². The zero-order chi connectivity index (χ0) is 6.57. The number of rotatable bonds is 3. The summed E-state index contributed by atoms with van der Waals surface area (Å²) in [4.78, 5) is 0. The van der Waals surface area contributed by atoms with Crippen LogP contribution in [0.4, 0.5) is 0 Å². The molecule has 2 atom stereocenters. The summed E-state index contributed by atoms with van der Waals surface area (Å²) in [6.45, 7) is 6.54. The molecule has 0 aromatic carbocycles. The van der Waals surface area contributed by atoms with Crippen molar-refractivity contribution < 1.29 is 10.2 Å². The van der Waals surface area contributed by atoms with Gasteiger partial charge in [0.15, 0.2) is 0 Å². The van der Waals surface area contributed by atoms with Gasteiger partial charge in [-0.1, -0.05) is 12.2 Å². The van der Waals surface area contributed by atoms with Crippen LogP contribution in [0.5, 0.6) is 0 Å². The van der Waals surface area contributed by atoms with Crippen molar-refractivity contribution in [3.8, 4) is 0 Å². The predicted octanol–water partition coefficient (Wildman–Crippen LogP) is 0.0802. The fraction of sp³-hybridized carbons (Fsp3) is 0.333. The van der Waals surface area contributed by atoms with E-state index in [0.717, 1.165) is 0 Å². The first kappa shape index (κ1) is 7.40. The number of hydrogen-bond acceptors (Lipinski definition) is 2. The Morgan fingerprint density at radius 3 is 1.38 bits per heavy atom. The Bertz CT molecular complexity index is 76.5. The Hall–Kier alpha value is -0.600. The van der Waals surface area contributed by atoms with Crippen LogP contribution in [0.3, 0.4) is 0 Å². The van der Waals surface area contributed by atoms with E-state index in [9.17, 15) is 0 Å². The highest BCUT2D eigenvalue weighted by atomic mass is 16.3. The molecule has 2 nitrogen and oxygen atoms in total. The molecule has 0 unspecified atom stereocenters. The van der Waals surface area contributed by atoms with Gasteiger partial charge < -0.3 is 10.2 Å². The van der Waals surface area contributed by atoms with Gasteiger partial charge in [0, 0.05) is 0 Å². The van der Waals surface area contributed by atoms with Crippen molar-refractivity contribution in [2.45, 2.75) is 12.2 Å². The minimum absolute atomic E-state index is 0.882. The van der Waals surface area contributed by atoms with E-state index in [0.29, 0.717) is 0 Å². The molecule has 0 saturated heterocycles. The van der Waals surface area contributed by atoms with E-state index in [1.807, 2.05) is 0 Å². The van der Waals surface area contributed by atoms with Crippen molar-refractivity contribution in [2.75, 3.05) is 0 Å². The molecule has 0 aliphatic rings. The maximum absolute atomic E-state index is 8.69. The molecular weight excluding hydrogens is 104 g/mol. The Balaban J connectivity index is 3.60. The Labute approximate surface area is 48.8 Å². The third-order valence-corrected chi connectivity index (χ3v) is 0.833. The largest absolute Gasteiger partial charge is 0.386 e. The number of aliphatic hydroxyl groups excluding tert-OH is 2. The van der Waals surface area contributed by atoms with Gasteiger partial charge in [-0.15, -0.1) is 13.2 Å². The minimum atomic E-state index is -0.882. The SMILES string of the molecule is C=C[C@@H](O)[C@@H](O)C=C. The molecule has 8 heavy (non-hydrogen) atoms. The minimum Gasteiger partial charge on any atom is -0.386 e. The molecule has 2 heteroatoms. The van der Waals surface area contributed by atoms with Crippen LogP contribution in [0, 0.1) is 0 Å². The summed E-state index contributed by atoms with van der Waals surface area (Å²) in [6, 6.07) is 0. The predicted molar refractivity (Wildman–Crippen MR) is 32.4 cm³/mol. The molecule has 0 spiro atoms. The van der Waals surface area contributed by atoms with Gasteiger partial charge in [0.1, 0.15) is 12.2 Å². The summed E-state index contributed by atoms with van der Waals surface area (Å²) < 4.78 is 0. The lowest BCUT2D eigenvalue weighted by atomic mass is 10.2. The second-order valence-corrected chi connectivity index (χ2v) is 1.45. The van der Waals surface area contributed by atoms with Crippen LogP contribution >= 0.6 is 0 Å². The van der Waals surface area contributed by atoms with E-state index in [1.54, 1.807) is 0 Å². The molecule has 2 N–H and O–H groups in total. The van der Waals surface area contributed by atoms with Crippen LogP contribution in [0.1, 0.15) is 0 Å². The molecule has 0 aliphatic carbocycles. The zero-order valence-electron chi connectivity index (χ0n) is 4.62. The number of aliphatic hydroxyl groups is 2. The summed E-state index contributed by atoms with van der Waals surface area (Å²) in [6.07, 6.45) is 0.749. The summed E-state index contributed by atoms with van der Waals surface area (Å²) in [7, 11) is 0. The van der Waals surface area contributed by atoms with Crippen LogP contribution in [-0.4, -0.2) is 22.4 Å². The molecule has 0 amide bonds. The lowest BCUT2D eigenvalue weighted by molar-refractivity contribution is 0.0813. The first-order valence-corrected chi connectivity index (χ1v) is 2.33. The molecular formula is C6H10O2. The summed E-state index contributed by atoms with van der Waals surface area (Å²) in [5, 5.41) is 17.4. The van der Waals surface area contributed by atoms with Gasteiger partial charge in [0.2, 0.25) is 0 Å². The Morgan fingerprint density at radius 2 is 1.25 bits per heavy atom. The molecule has 0 aromatic heterocycles. The van der Waals surface area contributed by atoms with Crippen molar-refractivity contribution in [1.29, 1.82) is 0 Å². The third kappa shape index (κ3) is 1.91. The van der Waals surface area contributed by atoms with Crippen LogP contribution in [-0.2, 0) is 0 Å². The third-order valence-electron chi connectivity index (χ3n) is 0.833. The fourth-order valence-electron chi connectivity index (χ4n) is 0.279. The highest BCUT2D eigenvalue weighted by molar-refractivity contribution is 4.93. The van der Waals surface area contributed by atoms with E-state index in [4.69, 9.17) is 10.2 Å². The zero-order valence-corrected chi connectivity index (χ0v) is 4.62. The second-order valence-electron chi connectivity index (χ2n) is 1.45. The molecule has 0 bridgehead atoms. The van der Waals surface area contributed by atoms with Crippen molar-refractivity contribution in [3.05, 3.63) is 25.3 Å². The van der Waals surface area contributed by atoms with Crippen molar-refractivity contribution in [1.82, 2.24) is 0 Å². The topological polar surface area (TPSA) is 40.5 Å². The monoisotopic (exact) mass is 114 g/mol. The Kier molecular flexibility index (Phi) is 3.15. The van der Waals surface area contributed by atoms with E-state index >= 15 is 0 Å². The average molecular weight is 114 g/mol. The van der Waals surface area contributed by atoms with E-state index in [1.165, 1.54) is 12.2 Å². The molecule has 0 aromatic rings. The molecule has 0 saturated carbocycles. The quantitative estimate of drug-likeness (QED) is 0.510. The first-order chi connectivity index (χ1) is 3.72. The van der Waals surface area contributed by atoms with E-state index < -0.39 is 12.2 Å². The Morgan fingerprint density at radius 1 is 1.00 bits per heavy atom. The van der Waals surface area contributed by atoms with Gasteiger partial charge in [0.05, 0.1) is 0 Å². The van der Waals surface area contributed by atoms with E-state index in [-0.39, 0.29) is 0 Å². The summed E-state index contributed by atoms with van der Waals surface area (Å²) in [5.74, 6) is 0. The molecule has 0 rings (SSSR count). The van der Waals surface area contributed by atoms with Gasteiger partial charge >= 0.3 is 0 Å². The molecule has 0 fully saturated rings. The highest BCUT2D eigenvalue weighted by Gasteiger charge is 2.05. The first-order valence-electron chi connectivity index (χ1n) is 2.33. The van der Waals surface area contributed by atoms with Crippen LogP contribution in [0.15, 0.2) is 25.3 Å². The second kappa shape index (κ2) is 3.41. The number of hydrogen-bond donors (Lipinski definition) is 2. The molecule has 0 radical (unpaired) electrons. The smallest absolute Gasteiger partial charge is 0.101 e. The highest BCUT2D eigenvalue weighted by Crippen LogP contribution is 1.92. The van der Waals surface area contributed by atoms with Crippen LogP contribution in [0.25, 0.3) is 0 Å². The molecule has 0 heterocycles. The maximum atomic E-state index is 8.69. The standard InChI is InChI=1S/C6H10O2/c1-3-5(7)6(8)4-2/h3-8H,1-2H2/t5-,6+. The van der Waals surface area contributed by atoms with Gasteiger partial charge in [-0.2, -0.15) is 0 Å². The lowest BCUT2D eigenvalue weighted by Crippen LogP contribution is -2.20. The van der Waals surface area contributed by atoms with Crippen LogP contribution in [0.2, 0.25) is 0 Å².